The fraction of sp³-hybridized carbons (Fsp3) is 0.486. The fourth-order valence-corrected chi connectivity index (χ4v) is 7.96. The molecule has 1 saturated carbocycles. The number of likely N-dealkylation sites (tertiary alicyclic amines) is 2. The third kappa shape index (κ3) is 4.85. The molecule has 42 heavy (non-hydrogen) atoms. The Hall–Kier alpha value is -3.45. The smallest absolute Gasteiger partial charge is 0.337 e. The van der Waals surface area contributed by atoms with Gasteiger partial charge >= 0.3 is 5.97 Å². The van der Waals surface area contributed by atoms with Crippen LogP contribution in [0.3, 0.4) is 0 Å². The van der Waals surface area contributed by atoms with Gasteiger partial charge in [-0.2, -0.15) is 0 Å². The van der Waals surface area contributed by atoms with Crippen molar-refractivity contribution >= 4 is 28.9 Å². The fourth-order valence-electron chi connectivity index (χ4n) is 7.96. The van der Waals surface area contributed by atoms with Gasteiger partial charge in [0.05, 0.1) is 24.9 Å². The normalized spacial score (nSPS) is 22.0. The summed E-state index contributed by atoms with van der Waals surface area (Å²) in [6.45, 7) is 3.18. The lowest BCUT2D eigenvalue weighted by molar-refractivity contribution is -0.128. The van der Waals surface area contributed by atoms with E-state index in [-0.39, 0.29) is 11.9 Å². The Bertz CT molecular complexity index is 1540. The third-order valence-electron chi connectivity index (χ3n) is 10.1. The molecule has 1 amide bonds. The Labute approximate surface area is 247 Å². The van der Waals surface area contributed by atoms with Crippen molar-refractivity contribution in [2.75, 3.05) is 33.3 Å². The van der Waals surface area contributed by atoms with Gasteiger partial charge < -0.3 is 14.2 Å². The molecule has 1 aromatic heterocycles. The van der Waals surface area contributed by atoms with Crippen LogP contribution in [0.4, 0.5) is 4.39 Å². The molecule has 3 aliphatic heterocycles. The summed E-state index contributed by atoms with van der Waals surface area (Å²) in [7, 11) is 1.41. The molecule has 7 heteroatoms. The van der Waals surface area contributed by atoms with E-state index >= 15 is 0 Å². The molecule has 1 aliphatic carbocycles. The highest BCUT2D eigenvalue weighted by Gasteiger charge is 2.34. The van der Waals surface area contributed by atoms with Gasteiger partial charge in [0.1, 0.15) is 6.17 Å². The predicted molar refractivity (Wildman–Crippen MR) is 163 cm³/mol. The zero-order valence-electron chi connectivity index (χ0n) is 24.5. The molecule has 2 aromatic carbocycles. The van der Waals surface area contributed by atoms with E-state index in [0.29, 0.717) is 50.1 Å². The Morgan fingerprint density at radius 1 is 0.929 bits per heavy atom. The number of amides is 1. The van der Waals surface area contributed by atoms with E-state index in [1.165, 1.54) is 43.0 Å². The maximum atomic E-state index is 14.2. The molecule has 3 aromatic rings. The second kappa shape index (κ2) is 11.3. The molecule has 0 N–H and O–H groups in total. The number of esters is 1. The average molecular weight is 570 g/mol. The zero-order valence-corrected chi connectivity index (χ0v) is 24.5. The lowest BCUT2D eigenvalue weighted by Gasteiger charge is -2.37. The summed E-state index contributed by atoms with van der Waals surface area (Å²) in [5, 5.41) is 1.17. The number of hydrogen-bond donors (Lipinski definition) is 0. The number of piperidine rings is 1. The SMILES string of the molecule is COC(=O)c1ccc2c(C3CCCCC3)c3n(c2c1)CC(C(=O)N1CCC(N2CC[C@@H](F)C2)CC1)=Cc1ccccc1-3. The molecule has 0 radical (unpaired) electrons. The number of fused-ring (bicyclic) bond motifs is 5. The minimum absolute atomic E-state index is 0.0751. The van der Waals surface area contributed by atoms with E-state index in [4.69, 9.17) is 4.74 Å². The van der Waals surface area contributed by atoms with Crippen molar-refractivity contribution < 1.29 is 18.7 Å². The first kappa shape index (κ1) is 27.4. The van der Waals surface area contributed by atoms with E-state index in [2.05, 4.69) is 39.8 Å². The molecule has 2 saturated heterocycles. The Balaban J connectivity index is 1.28. The lowest BCUT2D eigenvalue weighted by Crippen LogP contribution is -2.46. The summed E-state index contributed by atoms with van der Waals surface area (Å²) in [5.74, 6) is 0.166. The minimum atomic E-state index is -0.718. The monoisotopic (exact) mass is 569 g/mol. The van der Waals surface area contributed by atoms with Crippen LogP contribution in [0.15, 0.2) is 48.0 Å². The first-order valence-electron chi connectivity index (χ1n) is 15.7. The van der Waals surface area contributed by atoms with E-state index in [1.807, 2.05) is 23.1 Å². The Kier molecular flexibility index (Phi) is 7.39. The van der Waals surface area contributed by atoms with E-state index < -0.39 is 6.17 Å². The summed E-state index contributed by atoms with van der Waals surface area (Å²) < 4.78 is 21.2. The summed E-state index contributed by atoms with van der Waals surface area (Å²) >= 11 is 0. The molecule has 0 unspecified atom stereocenters. The van der Waals surface area contributed by atoms with Crippen molar-refractivity contribution in [1.29, 1.82) is 0 Å². The quantitative estimate of drug-likeness (QED) is 0.334. The lowest BCUT2D eigenvalue weighted by atomic mass is 9.81. The number of ether oxygens (including phenoxy) is 1. The Morgan fingerprint density at radius 2 is 1.71 bits per heavy atom. The van der Waals surface area contributed by atoms with E-state index in [9.17, 15) is 14.0 Å². The first-order chi connectivity index (χ1) is 20.5. The topological polar surface area (TPSA) is 54.8 Å². The van der Waals surface area contributed by atoms with Crippen molar-refractivity contribution in [2.24, 2.45) is 0 Å². The van der Waals surface area contributed by atoms with E-state index in [1.54, 1.807) is 0 Å². The van der Waals surface area contributed by atoms with Gasteiger partial charge in [-0.25, -0.2) is 9.18 Å². The van der Waals surface area contributed by atoms with Gasteiger partial charge in [-0.3, -0.25) is 9.69 Å². The van der Waals surface area contributed by atoms with E-state index in [0.717, 1.165) is 54.4 Å². The van der Waals surface area contributed by atoms with Crippen molar-refractivity contribution in [3.8, 4) is 11.3 Å². The van der Waals surface area contributed by atoms with Gasteiger partial charge in [-0.15, -0.1) is 0 Å². The second-order valence-electron chi connectivity index (χ2n) is 12.6. The number of aromatic nitrogens is 1. The van der Waals surface area contributed by atoms with Crippen LogP contribution in [-0.2, 0) is 16.1 Å². The number of methoxy groups -OCH3 is 1. The minimum Gasteiger partial charge on any atom is -0.465 e. The molecule has 4 aliphatic rings. The maximum Gasteiger partial charge on any atom is 0.337 e. The van der Waals surface area contributed by atoms with Crippen LogP contribution in [0.1, 0.15) is 78.8 Å². The maximum absolute atomic E-state index is 14.2. The number of rotatable bonds is 4. The van der Waals surface area contributed by atoms with Crippen LogP contribution < -0.4 is 0 Å². The van der Waals surface area contributed by atoms with Crippen molar-refractivity contribution in [1.82, 2.24) is 14.4 Å². The predicted octanol–water partition coefficient (Wildman–Crippen LogP) is 6.57. The third-order valence-corrected chi connectivity index (χ3v) is 10.1. The molecule has 0 bridgehead atoms. The number of carbonyl (C=O) groups excluding carboxylic acids is 2. The van der Waals surface area contributed by atoms with Gasteiger partial charge in [-0.1, -0.05) is 49.6 Å². The van der Waals surface area contributed by atoms with Crippen LogP contribution >= 0.6 is 0 Å². The first-order valence-corrected chi connectivity index (χ1v) is 15.7. The summed E-state index contributed by atoms with van der Waals surface area (Å²) in [6.07, 6.45) is 9.79. The molecule has 1 atom stereocenters. The number of hydrogen-bond acceptors (Lipinski definition) is 4. The highest BCUT2D eigenvalue weighted by atomic mass is 19.1. The number of benzene rings is 2. The van der Waals surface area contributed by atoms with Crippen molar-refractivity contribution in [3.63, 3.8) is 0 Å². The standard InChI is InChI=1S/C35H40FN3O3/c1-42-35(41)25-11-12-30-31(20-25)39-21-26(34(40)37-17-14-28(15-18-37)38-16-13-27(36)22-38)19-24-9-5-6-10-29(24)33(39)32(30)23-7-3-2-4-8-23/h5-6,9-12,19-20,23,27-28H,2-4,7-8,13-18,21-22H2,1H3/t27-/m1/s1. The van der Waals surface area contributed by atoms with Crippen LogP contribution in [0, 0.1) is 0 Å². The van der Waals surface area contributed by atoms with Crippen LogP contribution in [-0.4, -0.2) is 71.7 Å². The summed E-state index contributed by atoms with van der Waals surface area (Å²) in [6, 6.07) is 14.7. The highest BCUT2D eigenvalue weighted by Crippen LogP contribution is 2.46. The molecular weight excluding hydrogens is 529 g/mol. The highest BCUT2D eigenvalue weighted by molar-refractivity contribution is 6.03. The van der Waals surface area contributed by atoms with Crippen LogP contribution in [0.2, 0.25) is 0 Å². The average Bonchev–Trinajstić information content (AvgIpc) is 3.56. The number of halogens is 1. The number of carbonyl (C=O) groups is 2. The van der Waals surface area contributed by atoms with Gasteiger partial charge in [-0.05, 0) is 67.4 Å². The molecule has 7 rings (SSSR count). The molecule has 4 heterocycles. The molecule has 220 valence electrons. The van der Waals surface area contributed by atoms with Crippen molar-refractivity contribution in [3.05, 3.63) is 64.7 Å². The van der Waals surface area contributed by atoms with Gasteiger partial charge in [0.25, 0.3) is 5.91 Å². The second-order valence-corrected chi connectivity index (χ2v) is 12.6. The number of nitrogens with zero attached hydrogens (tertiary/aromatic N) is 3. The number of alkyl halides is 1. The van der Waals surface area contributed by atoms with Crippen molar-refractivity contribution in [2.45, 2.75) is 76.0 Å². The van der Waals surface area contributed by atoms with Gasteiger partial charge in [0, 0.05) is 54.3 Å². The zero-order chi connectivity index (χ0) is 28.8. The molecule has 3 fully saturated rings. The molecule has 0 spiro atoms. The summed E-state index contributed by atoms with van der Waals surface area (Å²) in [5.41, 5.74) is 7.01. The summed E-state index contributed by atoms with van der Waals surface area (Å²) in [4.78, 5) is 31.0. The van der Waals surface area contributed by atoms with Gasteiger partial charge in [0.2, 0.25) is 0 Å². The Morgan fingerprint density at radius 3 is 2.45 bits per heavy atom. The van der Waals surface area contributed by atoms with Crippen LogP contribution in [0.25, 0.3) is 28.2 Å². The molecular formula is C35H40FN3O3. The molecule has 6 nitrogen and oxygen atoms in total. The largest absolute Gasteiger partial charge is 0.465 e. The van der Waals surface area contributed by atoms with Gasteiger partial charge in [0.15, 0.2) is 0 Å². The van der Waals surface area contributed by atoms with Crippen LogP contribution in [0.5, 0.6) is 0 Å².